The lowest BCUT2D eigenvalue weighted by Crippen LogP contribution is -2.05. The first-order valence-corrected chi connectivity index (χ1v) is 4.68. The van der Waals surface area contributed by atoms with E-state index in [0.717, 1.165) is 12.1 Å². The van der Waals surface area contributed by atoms with E-state index in [-0.39, 0.29) is 0 Å². The van der Waals surface area contributed by atoms with Crippen molar-refractivity contribution in [2.45, 2.75) is 4.90 Å². The molecule has 1 aromatic rings. The summed E-state index contributed by atoms with van der Waals surface area (Å²) in [6.45, 7) is 0. The summed E-state index contributed by atoms with van der Waals surface area (Å²) in [7, 11) is -4.93. The number of halogens is 1. The van der Waals surface area contributed by atoms with Crippen molar-refractivity contribution in [3.05, 3.63) is 34.1 Å². The van der Waals surface area contributed by atoms with Crippen molar-refractivity contribution >= 4 is 15.8 Å². The van der Waals surface area contributed by atoms with Crippen LogP contribution in [-0.4, -0.2) is 17.9 Å². The van der Waals surface area contributed by atoms with Crippen LogP contribution < -0.4 is 0 Å². The summed E-state index contributed by atoms with van der Waals surface area (Å²) >= 11 is 0. The Hall–Kier alpha value is -1.54. The first kappa shape index (κ1) is 10.5. The van der Waals surface area contributed by atoms with E-state index in [1.807, 2.05) is 0 Å². The van der Waals surface area contributed by atoms with Gasteiger partial charge in [-0.15, -0.1) is 0 Å². The van der Waals surface area contributed by atoms with Gasteiger partial charge in [0.1, 0.15) is 0 Å². The second-order valence-corrected chi connectivity index (χ2v) is 3.68. The van der Waals surface area contributed by atoms with Crippen LogP contribution in [0.2, 0.25) is 0 Å². The minimum absolute atomic E-state index is 0.704. The fourth-order valence-electron chi connectivity index (χ4n) is 0.897. The second kappa shape index (κ2) is 3.31. The molecule has 1 N–H and O–H groups in total. The third-order valence-corrected chi connectivity index (χ3v) is 2.32. The number of hydrogen-bond acceptors (Lipinski definition) is 4. The molecule has 1 aromatic carbocycles. The Kier molecular flexibility index (Phi) is 2.49. The number of hydrogen-bond donors (Lipinski definition) is 1. The minimum Gasteiger partial charge on any atom is -0.282 e. The van der Waals surface area contributed by atoms with E-state index >= 15 is 0 Å². The van der Waals surface area contributed by atoms with Gasteiger partial charge in [-0.3, -0.25) is 14.7 Å². The fourth-order valence-corrected chi connectivity index (χ4v) is 1.62. The molecule has 1 rings (SSSR count). The third-order valence-electron chi connectivity index (χ3n) is 1.40. The molecule has 0 spiro atoms. The molecule has 0 aliphatic rings. The topological polar surface area (TPSA) is 97.5 Å². The Labute approximate surface area is 77.9 Å². The number of benzene rings is 1. The average molecular weight is 221 g/mol. The van der Waals surface area contributed by atoms with Crippen LogP contribution in [0, 0.1) is 15.9 Å². The summed E-state index contributed by atoms with van der Waals surface area (Å²) in [6.07, 6.45) is 0. The van der Waals surface area contributed by atoms with Gasteiger partial charge < -0.3 is 0 Å². The van der Waals surface area contributed by atoms with Gasteiger partial charge in [-0.2, -0.15) is 8.42 Å². The van der Waals surface area contributed by atoms with E-state index < -0.39 is 31.4 Å². The molecule has 8 heteroatoms. The van der Waals surface area contributed by atoms with Gasteiger partial charge in [0.15, 0.2) is 5.82 Å². The molecule has 14 heavy (non-hydrogen) atoms. The highest BCUT2D eigenvalue weighted by Gasteiger charge is 2.27. The third kappa shape index (κ3) is 1.86. The zero-order valence-corrected chi connectivity index (χ0v) is 7.36. The van der Waals surface area contributed by atoms with E-state index in [1.165, 1.54) is 0 Å². The van der Waals surface area contributed by atoms with Crippen LogP contribution in [-0.2, 0) is 10.1 Å². The molecule has 0 aliphatic heterocycles. The van der Waals surface area contributed by atoms with Gasteiger partial charge >= 0.3 is 10.1 Å². The first-order valence-electron chi connectivity index (χ1n) is 3.24. The Balaban J connectivity index is 3.62. The largest absolute Gasteiger partial charge is 0.304 e. The van der Waals surface area contributed by atoms with Crippen molar-refractivity contribution in [3.63, 3.8) is 0 Å². The molecule has 0 radical (unpaired) electrons. The van der Waals surface area contributed by atoms with Crippen molar-refractivity contribution in [1.82, 2.24) is 0 Å². The van der Waals surface area contributed by atoms with Crippen LogP contribution in [0.3, 0.4) is 0 Å². The van der Waals surface area contributed by atoms with E-state index in [9.17, 15) is 22.9 Å². The number of rotatable bonds is 2. The van der Waals surface area contributed by atoms with E-state index in [2.05, 4.69) is 0 Å². The Bertz CT molecular complexity index is 483. The number of nitrogens with zero attached hydrogens (tertiary/aromatic N) is 1. The van der Waals surface area contributed by atoms with Gasteiger partial charge in [0.2, 0.25) is 4.90 Å². The van der Waals surface area contributed by atoms with Gasteiger partial charge in [-0.1, -0.05) is 6.07 Å². The Morgan fingerprint density at radius 3 is 2.36 bits per heavy atom. The van der Waals surface area contributed by atoms with Gasteiger partial charge in [-0.05, 0) is 6.07 Å². The van der Waals surface area contributed by atoms with Gasteiger partial charge in [0.25, 0.3) is 5.69 Å². The summed E-state index contributed by atoms with van der Waals surface area (Å²) < 4.78 is 42.6. The summed E-state index contributed by atoms with van der Waals surface area (Å²) in [4.78, 5) is 7.88. The molecular formula is C6H4FNO5S. The molecule has 0 unspecified atom stereocenters. The van der Waals surface area contributed by atoms with Crippen LogP contribution in [0.1, 0.15) is 0 Å². The molecule has 0 amide bonds. The molecule has 0 bridgehead atoms. The molecule has 0 atom stereocenters. The molecule has 76 valence electrons. The normalized spacial score (nSPS) is 11.3. The zero-order chi connectivity index (χ0) is 10.9. The van der Waals surface area contributed by atoms with Crippen molar-refractivity contribution in [2.75, 3.05) is 0 Å². The molecule has 0 fully saturated rings. The fraction of sp³-hybridized carbons (Fsp3) is 0. The molecule has 0 heterocycles. The maximum atomic E-state index is 12.9. The molecular weight excluding hydrogens is 217 g/mol. The molecule has 6 nitrogen and oxygen atoms in total. The predicted molar refractivity (Wildman–Crippen MR) is 42.9 cm³/mol. The molecule has 0 saturated heterocycles. The first-order chi connectivity index (χ1) is 6.34. The molecule has 0 aromatic heterocycles. The van der Waals surface area contributed by atoms with Crippen LogP contribution in [0.5, 0.6) is 0 Å². The van der Waals surface area contributed by atoms with E-state index in [1.54, 1.807) is 0 Å². The summed E-state index contributed by atoms with van der Waals surface area (Å²) in [5.74, 6) is -1.36. The van der Waals surface area contributed by atoms with Crippen molar-refractivity contribution < 1.29 is 22.3 Å². The Morgan fingerprint density at radius 2 is 2.00 bits per heavy atom. The number of nitro benzene ring substituents is 1. The molecule has 0 aliphatic carbocycles. The predicted octanol–water partition coefficient (Wildman–Crippen LogP) is 0.981. The van der Waals surface area contributed by atoms with Gasteiger partial charge in [0, 0.05) is 6.07 Å². The van der Waals surface area contributed by atoms with E-state index in [4.69, 9.17) is 4.55 Å². The van der Waals surface area contributed by atoms with Gasteiger partial charge in [-0.25, -0.2) is 4.39 Å². The lowest BCUT2D eigenvalue weighted by Gasteiger charge is -1.99. The lowest BCUT2D eigenvalue weighted by atomic mass is 10.3. The van der Waals surface area contributed by atoms with Crippen LogP contribution in [0.25, 0.3) is 0 Å². The quantitative estimate of drug-likeness (QED) is 0.456. The Morgan fingerprint density at radius 1 is 1.43 bits per heavy atom. The highest BCUT2D eigenvalue weighted by atomic mass is 32.2. The summed E-state index contributed by atoms with van der Waals surface area (Å²) in [5, 5.41) is 10.3. The van der Waals surface area contributed by atoms with Crippen LogP contribution >= 0.6 is 0 Å². The van der Waals surface area contributed by atoms with Gasteiger partial charge in [0.05, 0.1) is 4.92 Å². The monoisotopic (exact) mass is 221 g/mol. The van der Waals surface area contributed by atoms with Crippen molar-refractivity contribution in [2.24, 2.45) is 0 Å². The van der Waals surface area contributed by atoms with Crippen LogP contribution in [0.15, 0.2) is 23.1 Å². The smallest absolute Gasteiger partial charge is 0.282 e. The second-order valence-electron chi connectivity index (χ2n) is 2.32. The van der Waals surface area contributed by atoms with Crippen molar-refractivity contribution in [1.29, 1.82) is 0 Å². The number of nitro groups is 1. The maximum Gasteiger partial charge on any atom is 0.304 e. The van der Waals surface area contributed by atoms with Crippen LogP contribution in [0.4, 0.5) is 10.1 Å². The highest BCUT2D eigenvalue weighted by molar-refractivity contribution is 7.86. The maximum absolute atomic E-state index is 12.9. The zero-order valence-electron chi connectivity index (χ0n) is 6.55. The minimum atomic E-state index is -4.93. The van der Waals surface area contributed by atoms with Crippen molar-refractivity contribution in [3.8, 4) is 0 Å². The standard InChI is InChI=1S/C6H4FNO5S/c7-4-2-1-3-5(8(9)10)6(4)14(11,12)13/h1-3H,(H,11,12,13). The summed E-state index contributed by atoms with van der Waals surface area (Å²) in [5.41, 5.74) is -0.993. The van der Waals surface area contributed by atoms with E-state index in [0.29, 0.717) is 6.07 Å². The highest BCUT2D eigenvalue weighted by Crippen LogP contribution is 2.25. The summed E-state index contributed by atoms with van der Waals surface area (Å²) in [6, 6.07) is 2.46. The molecule has 0 saturated carbocycles. The lowest BCUT2D eigenvalue weighted by molar-refractivity contribution is -0.388. The SMILES string of the molecule is O=[N+]([O-])c1cccc(F)c1S(=O)(=O)O. The average Bonchev–Trinajstić information content (AvgIpc) is 2.01.